The van der Waals surface area contributed by atoms with Crippen molar-refractivity contribution >= 4 is 0 Å². The summed E-state index contributed by atoms with van der Waals surface area (Å²) in [6, 6.07) is 3.42. The van der Waals surface area contributed by atoms with E-state index in [0.717, 1.165) is 24.0 Å². The van der Waals surface area contributed by atoms with Gasteiger partial charge in [0, 0.05) is 5.56 Å². The van der Waals surface area contributed by atoms with Crippen LogP contribution >= 0.6 is 0 Å². The molecule has 0 fully saturated rings. The molecule has 0 saturated heterocycles. The van der Waals surface area contributed by atoms with Crippen LogP contribution in [0.5, 0.6) is 0 Å². The Kier molecular flexibility index (Phi) is 5.11. The lowest BCUT2D eigenvalue weighted by Gasteiger charge is -2.43. The number of halogens is 1. The quantitative estimate of drug-likeness (QED) is 0.881. The van der Waals surface area contributed by atoms with Crippen LogP contribution < -0.4 is 0 Å². The average molecular weight is 267 g/mol. The third kappa shape index (κ3) is 2.82. The molecule has 1 atom stereocenters. The highest BCUT2D eigenvalue weighted by atomic mass is 19.1. The first-order valence-electron chi connectivity index (χ1n) is 6.92. The number of aliphatic hydroxyl groups excluding tert-OH is 1. The molecule has 0 aliphatic heterocycles. The summed E-state index contributed by atoms with van der Waals surface area (Å²) in [5.41, 5.74) is 1.71. The predicted molar refractivity (Wildman–Crippen MR) is 77.8 cm³/mol. The molecule has 0 aromatic heterocycles. The number of benzene rings is 1. The van der Waals surface area contributed by atoms with E-state index in [1.54, 1.807) is 0 Å². The molecule has 1 aromatic rings. The van der Waals surface area contributed by atoms with E-state index >= 15 is 0 Å². The maximum atomic E-state index is 14.2. The zero-order valence-corrected chi connectivity index (χ0v) is 12.9. The lowest BCUT2D eigenvalue weighted by molar-refractivity contribution is -0.0171. The van der Waals surface area contributed by atoms with Crippen molar-refractivity contribution < 1.29 is 9.50 Å². The smallest absolute Gasteiger partial charge is 0.129 e. The number of nitrogens with zero attached hydrogens (tertiary/aromatic N) is 1. The largest absolute Gasteiger partial charge is 0.386 e. The summed E-state index contributed by atoms with van der Waals surface area (Å²) in [6.07, 6.45) is 0.715. The van der Waals surface area contributed by atoms with Gasteiger partial charge in [0.05, 0.1) is 5.54 Å². The summed E-state index contributed by atoms with van der Waals surface area (Å²) in [4.78, 5) is 2.01. The molecule has 0 saturated carbocycles. The van der Waals surface area contributed by atoms with Gasteiger partial charge in [0.25, 0.3) is 0 Å². The monoisotopic (exact) mass is 267 g/mol. The fraction of sp³-hybridized carbons (Fsp3) is 0.625. The van der Waals surface area contributed by atoms with Gasteiger partial charge in [-0.2, -0.15) is 0 Å². The predicted octanol–water partition coefficient (Wildman–Crippen LogP) is 3.60. The molecule has 0 heterocycles. The van der Waals surface area contributed by atoms with Crippen molar-refractivity contribution in [3.8, 4) is 0 Å². The Bertz CT molecular complexity index is 415. The van der Waals surface area contributed by atoms with E-state index in [-0.39, 0.29) is 5.82 Å². The first-order valence-corrected chi connectivity index (χ1v) is 6.92. The van der Waals surface area contributed by atoms with Crippen molar-refractivity contribution in [2.45, 2.75) is 52.2 Å². The van der Waals surface area contributed by atoms with E-state index in [1.165, 1.54) is 6.07 Å². The van der Waals surface area contributed by atoms with Crippen LogP contribution in [0.15, 0.2) is 12.1 Å². The Labute approximate surface area is 116 Å². The molecule has 2 nitrogen and oxygen atoms in total. The zero-order valence-electron chi connectivity index (χ0n) is 12.9. The molecular formula is C16H26FNO. The van der Waals surface area contributed by atoms with Crippen molar-refractivity contribution in [3.05, 3.63) is 34.6 Å². The van der Waals surface area contributed by atoms with Crippen LogP contribution in [0.3, 0.4) is 0 Å². The number of likely N-dealkylation sites (N-methyl/N-ethyl adjacent to an activating group) is 1. The van der Waals surface area contributed by atoms with Gasteiger partial charge in [-0.3, -0.25) is 0 Å². The minimum atomic E-state index is -0.821. The average Bonchev–Trinajstić information content (AvgIpc) is 2.29. The molecule has 0 aliphatic rings. The number of rotatable bonds is 5. The number of aryl methyl sites for hydroxylation is 2. The van der Waals surface area contributed by atoms with E-state index in [4.69, 9.17) is 0 Å². The van der Waals surface area contributed by atoms with Crippen molar-refractivity contribution in [1.82, 2.24) is 4.90 Å². The van der Waals surface area contributed by atoms with E-state index < -0.39 is 11.6 Å². The first kappa shape index (κ1) is 16.1. The number of hydrogen-bond donors (Lipinski definition) is 1. The van der Waals surface area contributed by atoms with Crippen LogP contribution in [0.25, 0.3) is 0 Å². The zero-order chi connectivity index (χ0) is 14.8. The molecule has 108 valence electrons. The van der Waals surface area contributed by atoms with Gasteiger partial charge in [-0.25, -0.2) is 4.39 Å². The normalized spacial score (nSPS) is 13.9. The first-order chi connectivity index (χ1) is 8.80. The molecule has 1 N–H and O–H groups in total. The Morgan fingerprint density at radius 1 is 1.21 bits per heavy atom. The molecule has 0 aliphatic carbocycles. The van der Waals surface area contributed by atoms with E-state index in [9.17, 15) is 9.50 Å². The number of hydrogen-bond acceptors (Lipinski definition) is 2. The van der Waals surface area contributed by atoms with Gasteiger partial charge >= 0.3 is 0 Å². The number of aliphatic hydroxyl groups is 1. The molecule has 19 heavy (non-hydrogen) atoms. The molecule has 1 aromatic carbocycles. The van der Waals surface area contributed by atoms with Crippen LogP contribution in [0.1, 0.15) is 49.5 Å². The van der Waals surface area contributed by atoms with Crippen LogP contribution in [0.4, 0.5) is 4.39 Å². The van der Waals surface area contributed by atoms with Gasteiger partial charge in [0.15, 0.2) is 0 Å². The summed E-state index contributed by atoms with van der Waals surface area (Å²) in [6.45, 7) is 7.80. The maximum Gasteiger partial charge on any atom is 0.129 e. The minimum Gasteiger partial charge on any atom is -0.386 e. The highest BCUT2D eigenvalue weighted by Gasteiger charge is 2.39. The van der Waals surface area contributed by atoms with Crippen molar-refractivity contribution in [1.29, 1.82) is 0 Å². The Morgan fingerprint density at radius 3 is 2.11 bits per heavy atom. The molecule has 1 unspecified atom stereocenters. The summed E-state index contributed by atoms with van der Waals surface area (Å²) in [5.74, 6) is -0.307. The van der Waals surface area contributed by atoms with Crippen LogP contribution in [-0.4, -0.2) is 29.6 Å². The molecule has 3 heteroatoms. The molecule has 0 radical (unpaired) electrons. The minimum absolute atomic E-state index is 0.307. The lowest BCUT2D eigenvalue weighted by atomic mass is 9.80. The Hall–Kier alpha value is -0.930. The van der Waals surface area contributed by atoms with Crippen molar-refractivity contribution in [3.63, 3.8) is 0 Å². The van der Waals surface area contributed by atoms with E-state index in [0.29, 0.717) is 5.56 Å². The fourth-order valence-corrected chi connectivity index (χ4v) is 3.06. The maximum absolute atomic E-state index is 14.2. The third-order valence-electron chi connectivity index (χ3n) is 4.38. The third-order valence-corrected chi connectivity index (χ3v) is 4.38. The highest BCUT2D eigenvalue weighted by Crippen LogP contribution is 2.38. The second kappa shape index (κ2) is 6.02. The Balaban J connectivity index is 3.36. The molecule has 1 rings (SSSR count). The van der Waals surface area contributed by atoms with Gasteiger partial charge in [-0.1, -0.05) is 19.9 Å². The highest BCUT2D eigenvalue weighted by molar-refractivity contribution is 5.35. The van der Waals surface area contributed by atoms with Crippen molar-refractivity contribution in [2.75, 3.05) is 14.1 Å². The summed E-state index contributed by atoms with van der Waals surface area (Å²) in [7, 11) is 3.88. The summed E-state index contributed by atoms with van der Waals surface area (Å²) in [5, 5.41) is 10.8. The van der Waals surface area contributed by atoms with Gasteiger partial charge in [-0.05, 0) is 58.0 Å². The van der Waals surface area contributed by atoms with Gasteiger partial charge in [0.1, 0.15) is 11.9 Å². The standard InChI is InChI=1S/C16H26FNO/c1-7-16(8-2,18(5)6)15(19)14-12(4)9-11(3)10-13(14)17/h9-10,15,19H,7-8H2,1-6H3. The topological polar surface area (TPSA) is 23.5 Å². The second-order valence-corrected chi connectivity index (χ2v) is 5.58. The molecule has 0 spiro atoms. The van der Waals surface area contributed by atoms with E-state index in [1.807, 2.05) is 52.8 Å². The molecule has 0 bridgehead atoms. The van der Waals surface area contributed by atoms with Crippen LogP contribution in [0, 0.1) is 19.7 Å². The van der Waals surface area contributed by atoms with Gasteiger partial charge < -0.3 is 10.0 Å². The molecular weight excluding hydrogens is 241 g/mol. The van der Waals surface area contributed by atoms with Gasteiger partial charge in [-0.15, -0.1) is 0 Å². The van der Waals surface area contributed by atoms with Crippen LogP contribution in [-0.2, 0) is 0 Å². The Morgan fingerprint density at radius 2 is 1.74 bits per heavy atom. The van der Waals surface area contributed by atoms with Gasteiger partial charge in [0.2, 0.25) is 0 Å². The lowest BCUT2D eigenvalue weighted by Crippen LogP contribution is -2.48. The molecule has 0 amide bonds. The summed E-state index contributed by atoms with van der Waals surface area (Å²) < 4.78 is 14.2. The SMILES string of the molecule is CCC(CC)(C(O)c1c(C)cc(C)cc1F)N(C)C. The second-order valence-electron chi connectivity index (χ2n) is 5.58. The fourth-order valence-electron chi connectivity index (χ4n) is 3.06. The summed E-state index contributed by atoms with van der Waals surface area (Å²) >= 11 is 0. The van der Waals surface area contributed by atoms with E-state index in [2.05, 4.69) is 0 Å². The van der Waals surface area contributed by atoms with Crippen LogP contribution in [0.2, 0.25) is 0 Å². The van der Waals surface area contributed by atoms with Crippen molar-refractivity contribution in [2.24, 2.45) is 0 Å².